The van der Waals surface area contributed by atoms with Gasteiger partial charge in [-0.3, -0.25) is 14.4 Å². The van der Waals surface area contributed by atoms with Gasteiger partial charge in [0.05, 0.1) is 30.5 Å². The third kappa shape index (κ3) is 6.27. The van der Waals surface area contributed by atoms with Crippen LogP contribution in [0, 0.1) is 0 Å². The van der Waals surface area contributed by atoms with Gasteiger partial charge in [0.2, 0.25) is 5.91 Å². The number of carboxylic acid groups (broad SMARTS) is 1. The lowest BCUT2D eigenvalue weighted by molar-refractivity contribution is -0.136. The van der Waals surface area contributed by atoms with E-state index in [-0.39, 0.29) is 18.2 Å². The molecule has 0 radical (unpaired) electrons. The van der Waals surface area contributed by atoms with Gasteiger partial charge in [-0.15, -0.1) is 0 Å². The molecule has 3 N–H and O–H groups in total. The van der Waals surface area contributed by atoms with E-state index >= 15 is 0 Å². The molecule has 214 valence electrons. The number of amides is 2. The maximum Gasteiger partial charge on any atom is 0.307 e. The lowest BCUT2D eigenvalue weighted by Crippen LogP contribution is -2.55. The Morgan fingerprint density at radius 1 is 0.927 bits per heavy atom. The molecule has 2 aliphatic rings. The number of nitrogens with one attached hydrogen (secondary N) is 1. The standard InChI is InChI=1S/C32H32Cl2N2O5/c33-21-12-13-24(25(34)18-21)30-29(31(40)35-15-14-19-6-5-7-20(16-19)17-28(38)39)22-8-1-2-9-23(22)32(41)36(30)26-10-3-4-11-27(26)37/h1-2,5-9,12-13,16,18,26-27,29-30,37H,3-4,10-11,14-15,17H2,(H,35,40)(H,38,39)/t26-,27-,29+,30-/m0/s1. The fourth-order valence-electron chi connectivity index (χ4n) is 6.20. The van der Waals surface area contributed by atoms with Crippen LogP contribution in [0.4, 0.5) is 0 Å². The maximum atomic E-state index is 14.1. The first-order valence-corrected chi connectivity index (χ1v) is 14.6. The maximum absolute atomic E-state index is 14.1. The number of aliphatic hydroxyl groups excluding tert-OH is 1. The van der Waals surface area contributed by atoms with E-state index in [4.69, 9.17) is 28.3 Å². The zero-order valence-corrected chi connectivity index (χ0v) is 23.9. The molecule has 9 heteroatoms. The fraction of sp³-hybridized carbons (Fsp3) is 0.344. The van der Waals surface area contributed by atoms with E-state index in [9.17, 15) is 19.5 Å². The minimum Gasteiger partial charge on any atom is -0.481 e. The third-order valence-electron chi connectivity index (χ3n) is 8.05. The SMILES string of the molecule is O=C(O)Cc1cccc(CCNC(=O)[C@@H]2c3ccccc3C(=O)N([C@H]3CCCC[C@@H]3O)[C@H]2c2ccc(Cl)cc2Cl)c1. The van der Waals surface area contributed by atoms with Crippen molar-refractivity contribution in [2.45, 2.75) is 62.6 Å². The van der Waals surface area contributed by atoms with Gasteiger partial charge in [-0.25, -0.2) is 0 Å². The number of carboxylic acids is 1. The number of hydrogen-bond acceptors (Lipinski definition) is 4. The van der Waals surface area contributed by atoms with Crippen LogP contribution in [0.3, 0.4) is 0 Å². The summed E-state index contributed by atoms with van der Waals surface area (Å²) in [4.78, 5) is 41.0. The Labute approximate surface area is 249 Å². The second kappa shape index (κ2) is 12.6. The van der Waals surface area contributed by atoms with Crippen LogP contribution < -0.4 is 5.32 Å². The van der Waals surface area contributed by atoms with E-state index < -0.39 is 30.1 Å². The van der Waals surface area contributed by atoms with Gasteiger partial charge in [-0.05, 0) is 59.7 Å². The number of rotatable bonds is 8. The molecule has 3 aromatic rings. The van der Waals surface area contributed by atoms with Gasteiger partial charge in [-0.1, -0.05) is 84.6 Å². The highest BCUT2D eigenvalue weighted by Crippen LogP contribution is 2.47. The molecule has 1 fully saturated rings. The number of hydrogen-bond donors (Lipinski definition) is 3. The molecule has 4 atom stereocenters. The summed E-state index contributed by atoms with van der Waals surface area (Å²) in [6, 6.07) is 18.3. The molecule has 3 aromatic carbocycles. The predicted molar refractivity (Wildman–Crippen MR) is 157 cm³/mol. The first kappa shape index (κ1) is 29.1. The topological polar surface area (TPSA) is 107 Å². The van der Waals surface area contributed by atoms with Crippen molar-refractivity contribution >= 4 is 41.0 Å². The van der Waals surface area contributed by atoms with E-state index in [1.54, 1.807) is 47.4 Å². The number of aliphatic carboxylic acids is 1. The van der Waals surface area contributed by atoms with Crippen LogP contribution in [0.2, 0.25) is 10.0 Å². The zero-order chi connectivity index (χ0) is 29.1. The van der Waals surface area contributed by atoms with Crippen LogP contribution in [0.1, 0.15) is 70.3 Å². The Balaban J connectivity index is 1.50. The number of carbonyl (C=O) groups excluding carboxylic acids is 2. The quantitative estimate of drug-likeness (QED) is 0.316. The Morgan fingerprint density at radius 2 is 1.68 bits per heavy atom. The summed E-state index contributed by atoms with van der Waals surface area (Å²) in [6.07, 6.45) is 2.66. The monoisotopic (exact) mass is 594 g/mol. The molecule has 1 heterocycles. The van der Waals surface area contributed by atoms with Gasteiger partial charge in [0.1, 0.15) is 0 Å². The summed E-state index contributed by atoms with van der Waals surface area (Å²) >= 11 is 12.9. The van der Waals surface area contributed by atoms with Crippen LogP contribution in [0.15, 0.2) is 66.7 Å². The van der Waals surface area contributed by atoms with E-state index in [0.29, 0.717) is 58.1 Å². The first-order chi connectivity index (χ1) is 19.7. The van der Waals surface area contributed by atoms with Crippen molar-refractivity contribution in [1.29, 1.82) is 0 Å². The van der Waals surface area contributed by atoms with Gasteiger partial charge in [0.25, 0.3) is 5.91 Å². The number of nitrogens with zero attached hydrogens (tertiary/aromatic N) is 1. The van der Waals surface area contributed by atoms with Crippen molar-refractivity contribution < 1.29 is 24.6 Å². The number of carbonyl (C=O) groups is 3. The lowest BCUT2D eigenvalue weighted by Gasteiger charge is -2.48. The van der Waals surface area contributed by atoms with Crippen LogP contribution in [0.25, 0.3) is 0 Å². The minimum absolute atomic E-state index is 0.0700. The number of halogens is 2. The summed E-state index contributed by atoms with van der Waals surface area (Å²) in [5.41, 5.74) is 3.25. The highest BCUT2D eigenvalue weighted by molar-refractivity contribution is 6.35. The first-order valence-electron chi connectivity index (χ1n) is 13.9. The molecule has 0 bridgehead atoms. The van der Waals surface area contributed by atoms with Gasteiger partial charge >= 0.3 is 5.97 Å². The van der Waals surface area contributed by atoms with Crippen molar-refractivity contribution in [2.75, 3.05) is 6.54 Å². The van der Waals surface area contributed by atoms with Crippen molar-refractivity contribution in [1.82, 2.24) is 10.2 Å². The molecule has 1 aliphatic carbocycles. The second-order valence-corrected chi connectivity index (χ2v) is 11.6. The van der Waals surface area contributed by atoms with E-state index in [2.05, 4.69) is 5.32 Å². The van der Waals surface area contributed by atoms with Crippen LogP contribution in [-0.4, -0.2) is 51.6 Å². The Kier molecular flexibility index (Phi) is 8.97. The number of aliphatic hydroxyl groups is 1. The molecular weight excluding hydrogens is 563 g/mol. The van der Waals surface area contributed by atoms with Crippen LogP contribution >= 0.6 is 23.2 Å². The van der Waals surface area contributed by atoms with E-state index in [0.717, 1.165) is 18.4 Å². The van der Waals surface area contributed by atoms with Gasteiger partial charge in [0.15, 0.2) is 0 Å². The molecule has 7 nitrogen and oxygen atoms in total. The minimum atomic E-state index is -0.902. The molecule has 5 rings (SSSR count). The van der Waals surface area contributed by atoms with Gasteiger partial charge < -0.3 is 20.4 Å². The summed E-state index contributed by atoms with van der Waals surface area (Å²) < 4.78 is 0. The molecule has 2 amide bonds. The molecular formula is C32H32Cl2N2O5. The summed E-state index contributed by atoms with van der Waals surface area (Å²) in [5.74, 6) is -2.18. The Morgan fingerprint density at radius 3 is 2.44 bits per heavy atom. The van der Waals surface area contributed by atoms with Crippen molar-refractivity contribution in [3.63, 3.8) is 0 Å². The highest BCUT2D eigenvalue weighted by atomic mass is 35.5. The molecule has 1 aliphatic heterocycles. The third-order valence-corrected chi connectivity index (χ3v) is 8.61. The van der Waals surface area contributed by atoms with Crippen molar-refractivity contribution in [3.8, 4) is 0 Å². The fourth-order valence-corrected chi connectivity index (χ4v) is 6.72. The smallest absolute Gasteiger partial charge is 0.307 e. The molecule has 0 spiro atoms. The predicted octanol–water partition coefficient (Wildman–Crippen LogP) is 5.56. The molecule has 0 aromatic heterocycles. The van der Waals surface area contributed by atoms with Crippen molar-refractivity contribution in [3.05, 3.63) is 105 Å². The molecule has 41 heavy (non-hydrogen) atoms. The molecule has 1 saturated carbocycles. The number of fused-ring (bicyclic) bond motifs is 1. The molecule has 0 saturated heterocycles. The van der Waals surface area contributed by atoms with Gasteiger partial charge in [-0.2, -0.15) is 0 Å². The van der Waals surface area contributed by atoms with Crippen molar-refractivity contribution in [2.24, 2.45) is 0 Å². The van der Waals surface area contributed by atoms with Gasteiger partial charge in [0, 0.05) is 22.2 Å². The summed E-state index contributed by atoms with van der Waals surface area (Å²) in [5, 5.41) is 24.0. The largest absolute Gasteiger partial charge is 0.481 e. The van der Waals surface area contributed by atoms with Crippen LogP contribution in [0.5, 0.6) is 0 Å². The summed E-state index contributed by atoms with van der Waals surface area (Å²) in [6.45, 7) is 0.315. The Bertz CT molecular complexity index is 1460. The average molecular weight is 596 g/mol. The van der Waals surface area contributed by atoms with Crippen LogP contribution in [-0.2, 0) is 22.4 Å². The average Bonchev–Trinajstić information content (AvgIpc) is 2.93. The zero-order valence-electron chi connectivity index (χ0n) is 22.4. The Hall–Kier alpha value is -3.39. The van der Waals surface area contributed by atoms with E-state index in [1.165, 1.54) is 0 Å². The summed E-state index contributed by atoms with van der Waals surface area (Å²) in [7, 11) is 0. The highest BCUT2D eigenvalue weighted by Gasteiger charge is 2.48. The lowest BCUT2D eigenvalue weighted by atomic mass is 9.76. The van der Waals surface area contributed by atoms with E-state index in [1.807, 2.05) is 24.3 Å². The molecule has 0 unspecified atom stereocenters. The second-order valence-electron chi connectivity index (χ2n) is 10.7. The normalized spacial score (nSPS) is 22.2. The number of benzene rings is 3.